The van der Waals surface area contributed by atoms with E-state index in [1.807, 2.05) is 31.2 Å². The first-order valence-electron chi connectivity index (χ1n) is 8.10. The fraction of sp³-hybridized carbons (Fsp3) is 0.353. The molecule has 0 aliphatic heterocycles. The number of nitrogens with zero attached hydrogens (tertiary/aromatic N) is 1. The van der Waals surface area contributed by atoms with Gasteiger partial charge in [-0.3, -0.25) is 9.59 Å². The van der Waals surface area contributed by atoms with Crippen LogP contribution in [0, 0.1) is 20.8 Å². The highest BCUT2D eigenvalue weighted by atomic mass is 32.2. The Morgan fingerprint density at radius 2 is 1.89 bits per heavy atom. The van der Waals surface area contributed by atoms with Crippen LogP contribution in [0.25, 0.3) is 0 Å². The third-order valence-corrected chi connectivity index (χ3v) is 5.39. The third kappa shape index (κ3) is 5.63. The molecule has 2 rings (SSSR count). The van der Waals surface area contributed by atoms with Gasteiger partial charge in [0.15, 0.2) is 12.4 Å². The van der Waals surface area contributed by atoms with Gasteiger partial charge in [0.2, 0.25) is 10.0 Å². The van der Waals surface area contributed by atoms with Crippen molar-refractivity contribution >= 4 is 21.9 Å². The van der Waals surface area contributed by atoms with Gasteiger partial charge in [-0.25, -0.2) is 8.42 Å². The average Bonchev–Trinajstić information content (AvgIpc) is 2.96. The summed E-state index contributed by atoms with van der Waals surface area (Å²) in [6.07, 6.45) is 0. The van der Waals surface area contributed by atoms with Crippen LogP contribution in [-0.2, 0) is 30.9 Å². The van der Waals surface area contributed by atoms with Crippen molar-refractivity contribution in [2.75, 3.05) is 13.2 Å². The Labute approximate surface area is 157 Å². The van der Waals surface area contributed by atoms with Crippen molar-refractivity contribution in [1.82, 2.24) is 15.2 Å². The Balaban J connectivity index is 1.77. The number of nitrogens with one attached hydrogen (secondary N) is 2. The van der Waals surface area contributed by atoms with Crippen molar-refractivity contribution in [1.29, 1.82) is 0 Å². The zero-order valence-electron chi connectivity index (χ0n) is 15.2. The third-order valence-electron chi connectivity index (χ3n) is 3.74. The number of benzene rings is 1. The molecule has 1 amide bonds. The SMILES string of the molecule is Cc1ccccc1CNC(=O)COC(=O)CNS(=O)(=O)c1c(C)noc1C. The van der Waals surface area contributed by atoms with Gasteiger partial charge < -0.3 is 14.6 Å². The van der Waals surface area contributed by atoms with Gasteiger partial charge in [0.1, 0.15) is 17.1 Å². The normalized spacial score (nSPS) is 11.2. The molecule has 0 aliphatic carbocycles. The summed E-state index contributed by atoms with van der Waals surface area (Å²) < 4.78 is 36.0. The topological polar surface area (TPSA) is 128 Å². The summed E-state index contributed by atoms with van der Waals surface area (Å²) in [6, 6.07) is 7.56. The lowest BCUT2D eigenvalue weighted by Gasteiger charge is -2.09. The van der Waals surface area contributed by atoms with Crippen molar-refractivity contribution < 1.29 is 27.3 Å². The Kier molecular flexibility index (Phi) is 6.70. The van der Waals surface area contributed by atoms with Crippen LogP contribution in [0.5, 0.6) is 0 Å². The number of amides is 1. The van der Waals surface area contributed by atoms with Crippen molar-refractivity contribution in [3.8, 4) is 0 Å². The second kappa shape index (κ2) is 8.78. The number of carbonyl (C=O) groups excluding carboxylic acids is 2. The van der Waals surface area contributed by atoms with Crippen molar-refractivity contribution in [2.24, 2.45) is 0 Å². The van der Waals surface area contributed by atoms with E-state index >= 15 is 0 Å². The summed E-state index contributed by atoms with van der Waals surface area (Å²) in [5, 5.41) is 6.19. The van der Waals surface area contributed by atoms with E-state index in [2.05, 4.69) is 15.2 Å². The number of aromatic nitrogens is 1. The molecule has 1 heterocycles. The molecule has 0 aliphatic rings. The summed E-state index contributed by atoms with van der Waals surface area (Å²) in [6.45, 7) is 4.04. The van der Waals surface area contributed by atoms with E-state index in [-0.39, 0.29) is 16.3 Å². The number of hydrogen-bond acceptors (Lipinski definition) is 7. The molecule has 2 aromatic rings. The molecule has 0 saturated heterocycles. The predicted octanol–water partition coefficient (Wildman–Crippen LogP) is 0.738. The molecular formula is C17H21N3O6S. The molecule has 0 atom stereocenters. The number of esters is 1. The van der Waals surface area contributed by atoms with Gasteiger partial charge >= 0.3 is 5.97 Å². The standard InChI is InChI=1S/C17H21N3O6S/c1-11-6-4-5-7-14(11)8-18-15(21)10-25-16(22)9-19-27(23,24)17-12(2)20-26-13(17)3/h4-7,19H,8-10H2,1-3H3,(H,18,21). The fourth-order valence-electron chi connectivity index (χ4n) is 2.33. The second-order valence-electron chi connectivity index (χ2n) is 5.84. The minimum Gasteiger partial charge on any atom is -0.455 e. The van der Waals surface area contributed by atoms with Gasteiger partial charge in [-0.1, -0.05) is 29.4 Å². The molecule has 10 heteroatoms. The van der Waals surface area contributed by atoms with Crippen LogP contribution in [-0.4, -0.2) is 38.6 Å². The summed E-state index contributed by atoms with van der Waals surface area (Å²) in [7, 11) is -3.97. The molecule has 1 aromatic carbocycles. The maximum absolute atomic E-state index is 12.2. The highest BCUT2D eigenvalue weighted by molar-refractivity contribution is 7.89. The van der Waals surface area contributed by atoms with Crippen LogP contribution >= 0.6 is 0 Å². The monoisotopic (exact) mass is 395 g/mol. The summed E-state index contributed by atoms with van der Waals surface area (Å²) >= 11 is 0. The fourth-order valence-corrected chi connectivity index (χ4v) is 3.63. The van der Waals surface area contributed by atoms with Gasteiger partial charge in [-0.05, 0) is 31.9 Å². The number of aryl methyl sites for hydroxylation is 3. The Morgan fingerprint density at radius 1 is 1.19 bits per heavy atom. The largest absolute Gasteiger partial charge is 0.455 e. The van der Waals surface area contributed by atoms with E-state index < -0.39 is 35.1 Å². The van der Waals surface area contributed by atoms with E-state index in [0.717, 1.165) is 11.1 Å². The molecule has 0 radical (unpaired) electrons. The lowest BCUT2D eigenvalue weighted by molar-refractivity contribution is -0.147. The maximum Gasteiger partial charge on any atom is 0.321 e. The van der Waals surface area contributed by atoms with E-state index in [1.165, 1.54) is 13.8 Å². The minimum atomic E-state index is -3.97. The molecule has 2 N–H and O–H groups in total. The zero-order chi connectivity index (χ0) is 20.0. The molecule has 1 aromatic heterocycles. The first kappa shape index (κ1) is 20.6. The lowest BCUT2D eigenvalue weighted by Crippen LogP contribution is -2.34. The van der Waals surface area contributed by atoms with Gasteiger partial charge in [0.25, 0.3) is 5.91 Å². The van der Waals surface area contributed by atoms with Crippen LogP contribution in [0.4, 0.5) is 0 Å². The smallest absolute Gasteiger partial charge is 0.321 e. The highest BCUT2D eigenvalue weighted by Crippen LogP contribution is 2.18. The number of rotatable bonds is 8. The predicted molar refractivity (Wildman–Crippen MR) is 95.2 cm³/mol. The quantitative estimate of drug-likeness (QED) is 0.631. The molecule has 0 bridgehead atoms. The van der Waals surface area contributed by atoms with E-state index in [1.54, 1.807) is 0 Å². The molecule has 27 heavy (non-hydrogen) atoms. The van der Waals surface area contributed by atoms with Crippen LogP contribution in [0.3, 0.4) is 0 Å². The average molecular weight is 395 g/mol. The second-order valence-corrected chi connectivity index (χ2v) is 7.55. The number of sulfonamides is 1. The highest BCUT2D eigenvalue weighted by Gasteiger charge is 2.25. The van der Waals surface area contributed by atoms with Gasteiger partial charge in [0.05, 0.1) is 0 Å². The summed E-state index contributed by atoms with van der Waals surface area (Å²) in [5.74, 6) is -1.25. The molecular weight excluding hydrogens is 374 g/mol. The molecule has 0 spiro atoms. The Hall–Kier alpha value is -2.72. The lowest BCUT2D eigenvalue weighted by atomic mass is 10.1. The van der Waals surface area contributed by atoms with Crippen molar-refractivity contribution in [2.45, 2.75) is 32.2 Å². The Morgan fingerprint density at radius 3 is 2.52 bits per heavy atom. The van der Waals surface area contributed by atoms with Crippen LogP contribution < -0.4 is 10.0 Å². The minimum absolute atomic E-state index is 0.115. The molecule has 9 nitrogen and oxygen atoms in total. The van der Waals surface area contributed by atoms with E-state index in [9.17, 15) is 18.0 Å². The van der Waals surface area contributed by atoms with E-state index in [4.69, 9.17) is 9.26 Å². The van der Waals surface area contributed by atoms with Crippen LogP contribution in [0.2, 0.25) is 0 Å². The number of ether oxygens (including phenoxy) is 1. The zero-order valence-corrected chi connectivity index (χ0v) is 16.1. The Bertz CT molecular complexity index is 916. The molecule has 0 fully saturated rings. The molecule has 0 saturated carbocycles. The van der Waals surface area contributed by atoms with E-state index in [0.29, 0.717) is 6.54 Å². The summed E-state index contributed by atoms with van der Waals surface area (Å²) in [5.41, 5.74) is 2.16. The van der Waals surface area contributed by atoms with Crippen LogP contribution in [0.15, 0.2) is 33.7 Å². The van der Waals surface area contributed by atoms with Crippen molar-refractivity contribution in [3.05, 3.63) is 46.8 Å². The molecule has 0 unspecified atom stereocenters. The number of carbonyl (C=O) groups is 2. The van der Waals surface area contributed by atoms with Gasteiger partial charge in [-0.15, -0.1) is 0 Å². The van der Waals surface area contributed by atoms with Crippen LogP contribution in [0.1, 0.15) is 22.6 Å². The van der Waals surface area contributed by atoms with Gasteiger partial charge in [0, 0.05) is 6.54 Å². The molecule has 146 valence electrons. The van der Waals surface area contributed by atoms with Gasteiger partial charge in [-0.2, -0.15) is 4.72 Å². The maximum atomic E-state index is 12.2. The summed E-state index contributed by atoms with van der Waals surface area (Å²) in [4.78, 5) is 23.3. The first-order chi connectivity index (χ1) is 12.7. The number of hydrogen-bond donors (Lipinski definition) is 2. The first-order valence-corrected chi connectivity index (χ1v) is 9.58. The van der Waals surface area contributed by atoms with Crippen molar-refractivity contribution in [3.63, 3.8) is 0 Å².